The van der Waals surface area contributed by atoms with Crippen molar-refractivity contribution in [2.24, 2.45) is 0 Å². The summed E-state index contributed by atoms with van der Waals surface area (Å²) in [6, 6.07) is 5.25. The van der Waals surface area contributed by atoms with Gasteiger partial charge in [-0.15, -0.1) is 0 Å². The number of carboxylic acid groups (broad SMARTS) is 1. The molecule has 0 saturated heterocycles. The van der Waals surface area contributed by atoms with E-state index in [-0.39, 0.29) is 5.82 Å². The highest BCUT2D eigenvalue weighted by Gasteiger charge is 2.13. The van der Waals surface area contributed by atoms with Crippen molar-refractivity contribution in [3.63, 3.8) is 0 Å². The molecule has 0 spiro atoms. The van der Waals surface area contributed by atoms with Gasteiger partial charge in [0.1, 0.15) is 11.5 Å². The number of carboxylic acids is 1. The SMILES string of the molecule is COc1ccc(OC)c(-c2cnc(C(=O)O)[nH]2)c1. The van der Waals surface area contributed by atoms with Crippen molar-refractivity contribution in [2.45, 2.75) is 0 Å². The van der Waals surface area contributed by atoms with Gasteiger partial charge in [0, 0.05) is 5.56 Å². The first kappa shape index (κ1) is 12.0. The van der Waals surface area contributed by atoms with Gasteiger partial charge in [0.2, 0.25) is 5.82 Å². The lowest BCUT2D eigenvalue weighted by molar-refractivity contribution is 0.0685. The smallest absolute Gasteiger partial charge is 0.371 e. The molecule has 0 aliphatic carbocycles. The summed E-state index contributed by atoms with van der Waals surface area (Å²) < 4.78 is 10.3. The number of rotatable bonds is 4. The Balaban J connectivity index is 2.50. The van der Waals surface area contributed by atoms with Gasteiger partial charge in [0.15, 0.2) is 0 Å². The van der Waals surface area contributed by atoms with E-state index in [1.165, 1.54) is 6.20 Å². The molecular weight excluding hydrogens is 236 g/mol. The molecule has 0 fully saturated rings. The molecule has 2 aromatic rings. The lowest BCUT2D eigenvalue weighted by Crippen LogP contribution is -1.98. The number of nitrogens with one attached hydrogen (secondary N) is 1. The Morgan fingerprint density at radius 2 is 2.11 bits per heavy atom. The van der Waals surface area contributed by atoms with Gasteiger partial charge >= 0.3 is 5.97 Å². The van der Waals surface area contributed by atoms with Gasteiger partial charge in [-0.2, -0.15) is 0 Å². The summed E-state index contributed by atoms with van der Waals surface area (Å²) in [6.45, 7) is 0. The van der Waals surface area contributed by atoms with E-state index in [9.17, 15) is 4.79 Å². The van der Waals surface area contributed by atoms with Crippen LogP contribution >= 0.6 is 0 Å². The van der Waals surface area contributed by atoms with Crippen LogP contribution in [0.3, 0.4) is 0 Å². The van der Waals surface area contributed by atoms with E-state index in [0.29, 0.717) is 22.8 Å². The predicted molar refractivity (Wildman–Crippen MR) is 64.1 cm³/mol. The summed E-state index contributed by atoms with van der Waals surface area (Å²) in [5.74, 6) is 0.0339. The summed E-state index contributed by atoms with van der Waals surface area (Å²) in [7, 11) is 3.10. The van der Waals surface area contributed by atoms with Crippen LogP contribution in [0.1, 0.15) is 10.6 Å². The standard InChI is InChI=1S/C12H12N2O4/c1-17-7-3-4-10(18-2)8(5-7)9-6-13-11(14-9)12(15)16/h3-6H,1-2H3,(H,13,14)(H,15,16). The second kappa shape index (κ2) is 4.79. The number of imidazole rings is 1. The highest BCUT2D eigenvalue weighted by atomic mass is 16.5. The highest BCUT2D eigenvalue weighted by molar-refractivity contribution is 5.84. The van der Waals surface area contributed by atoms with Gasteiger partial charge in [0.25, 0.3) is 0 Å². The Bertz CT molecular complexity index is 577. The van der Waals surface area contributed by atoms with Crippen LogP contribution in [-0.2, 0) is 0 Å². The van der Waals surface area contributed by atoms with Gasteiger partial charge in [-0.25, -0.2) is 9.78 Å². The van der Waals surface area contributed by atoms with Gasteiger partial charge in [-0.3, -0.25) is 0 Å². The lowest BCUT2D eigenvalue weighted by Gasteiger charge is -2.08. The lowest BCUT2D eigenvalue weighted by atomic mass is 10.1. The van der Waals surface area contributed by atoms with Crippen LogP contribution in [0.5, 0.6) is 11.5 Å². The van der Waals surface area contributed by atoms with Crippen LogP contribution in [0.4, 0.5) is 0 Å². The molecule has 1 aromatic carbocycles. The number of aromatic amines is 1. The largest absolute Gasteiger partial charge is 0.497 e. The van der Waals surface area contributed by atoms with Crippen LogP contribution in [0.2, 0.25) is 0 Å². The van der Waals surface area contributed by atoms with Crippen LogP contribution in [0, 0.1) is 0 Å². The zero-order chi connectivity index (χ0) is 13.1. The average Bonchev–Trinajstić information content (AvgIpc) is 2.87. The summed E-state index contributed by atoms with van der Waals surface area (Å²) >= 11 is 0. The molecule has 18 heavy (non-hydrogen) atoms. The van der Waals surface area contributed by atoms with Gasteiger partial charge in [-0.05, 0) is 18.2 Å². The van der Waals surface area contributed by atoms with Gasteiger partial charge < -0.3 is 19.6 Å². The van der Waals surface area contributed by atoms with Crippen LogP contribution in [0.15, 0.2) is 24.4 Å². The van der Waals surface area contributed by atoms with Gasteiger partial charge in [0.05, 0.1) is 26.1 Å². The van der Waals surface area contributed by atoms with Crippen molar-refractivity contribution >= 4 is 5.97 Å². The van der Waals surface area contributed by atoms with Crippen molar-refractivity contribution in [1.29, 1.82) is 0 Å². The van der Waals surface area contributed by atoms with Crippen LogP contribution in [-0.4, -0.2) is 35.3 Å². The Hall–Kier alpha value is -2.50. The molecular formula is C12H12N2O4. The molecule has 0 unspecified atom stereocenters. The molecule has 0 atom stereocenters. The first-order valence-electron chi connectivity index (χ1n) is 5.16. The Morgan fingerprint density at radius 1 is 1.33 bits per heavy atom. The normalized spacial score (nSPS) is 10.1. The van der Waals surface area contributed by atoms with Crippen LogP contribution in [0.25, 0.3) is 11.3 Å². The fraction of sp³-hybridized carbons (Fsp3) is 0.167. The number of nitrogens with zero attached hydrogens (tertiary/aromatic N) is 1. The third-order valence-corrected chi connectivity index (χ3v) is 2.48. The number of hydrogen-bond donors (Lipinski definition) is 2. The number of carbonyl (C=O) groups is 1. The summed E-state index contributed by atoms with van der Waals surface area (Å²) in [4.78, 5) is 17.3. The minimum atomic E-state index is -1.11. The number of H-pyrrole nitrogens is 1. The number of aromatic nitrogens is 2. The quantitative estimate of drug-likeness (QED) is 0.861. The molecule has 6 heteroatoms. The molecule has 2 N–H and O–H groups in total. The first-order valence-corrected chi connectivity index (χ1v) is 5.16. The molecule has 1 heterocycles. The summed E-state index contributed by atoms with van der Waals surface area (Å²) in [5, 5.41) is 8.82. The fourth-order valence-electron chi connectivity index (χ4n) is 1.59. The number of ether oxygens (including phenoxy) is 2. The second-order valence-corrected chi connectivity index (χ2v) is 3.52. The first-order chi connectivity index (χ1) is 8.65. The topological polar surface area (TPSA) is 84.4 Å². The third kappa shape index (κ3) is 2.13. The molecule has 0 radical (unpaired) electrons. The summed E-state index contributed by atoms with van der Waals surface area (Å²) in [6.07, 6.45) is 1.45. The maximum atomic E-state index is 10.8. The van der Waals surface area contributed by atoms with E-state index in [0.717, 1.165) is 0 Å². The van der Waals surface area contributed by atoms with Crippen molar-refractivity contribution in [3.05, 3.63) is 30.2 Å². The zero-order valence-corrected chi connectivity index (χ0v) is 9.93. The van der Waals surface area contributed by atoms with Gasteiger partial charge in [-0.1, -0.05) is 0 Å². The second-order valence-electron chi connectivity index (χ2n) is 3.52. The van der Waals surface area contributed by atoms with E-state index >= 15 is 0 Å². The summed E-state index contributed by atoms with van der Waals surface area (Å²) in [5.41, 5.74) is 1.25. The number of hydrogen-bond acceptors (Lipinski definition) is 4. The highest BCUT2D eigenvalue weighted by Crippen LogP contribution is 2.32. The number of aromatic carboxylic acids is 1. The van der Waals surface area contributed by atoms with E-state index in [2.05, 4.69) is 9.97 Å². The number of methoxy groups -OCH3 is 2. The molecule has 0 aliphatic rings. The van der Waals surface area contributed by atoms with E-state index in [1.54, 1.807) is 32.4 Å². The fourth-order valence-corrected chi connectivity index (χ4v) is 1.59. The maximum Gasteiger partial charge on any atom is 0.371 e. The predicted octanol–water partition coefficient (Wildman–Crippen LogP) is 1.79. The number of benzene rings is 1. The van der Waals surface area contributed by atoms with Crippen LogP contribution < -0.4 is 9.47 Å². The molecule has 94 valence electrons. The third-order valence-electron chi connectivity index (χ3n) is 2.48. The van der Waals surface area contributed by atoms with E-state index < -0.39 is 5.97 Å². The van der Waals surface area contributed by atoms with E-state index in [4.69, 9.17) is 14.6 Å². The average molecular weight is 248 g/mol. The molecule has 0 saturated carbocycles. The molecule has 0 bridgehead atoms. The molecule has 6 nitrogen and oxygen atoms in total. The maximum absolute atomic E-state index is 10.8. The Labute approximate surface area is 103 Å². The molecule has 1 aromatic heterocycles. The van der Waals surface area contributed by atoms with Crippen molar-refractivity contribution in [3.8, 4) is 22.8 Å². The minimum Gasteiger partial charge on any atom is -0.497 e. The zero-order valence-electron chi connectivity index (χ0n) is 9.93. The van der Waals surface area contributed by atoms with E-state index in [1.807, 2.05) is 0 Å². The van der Waals surface area contributed by atoms with Crippen molar-refractivity contribution in [1.82, 2.24) is 9.97 Å². The van der Waals surface area contributed by atoms with Crippen molar-refractivity contribution < 1.29 is 19.4 Å². The molecule has 0 amide bonds. The Morgan fingerprint density at radius 3 is 2.67 bits per heavy atom. The minimum absolute atomic E-state index is 0.116. The van der Waals surface area contributed by atoms with Crippen molar-refractivity contribution in [2.75, 3.05) is 14.2 Å². The molecule has 0 aliphatic heterocycles. The molecule has 2 rings (SSSR count). The Kier molecular flexibility index (Phi) is 3.18. The monoisotopic (exact) mass is 248 g/mol.